The Morgan fingerprint density at radius 2 is 1.89 bits per heavy atom. The smallest absolute Gasteiger partial charge is 0.169 e. The first-order chi connectivity index (χ1) is 8.86. The Bertz CT molecular complexity index is 581. The van der Waals surface area contributed by atoms with E-state index in [0.29, 0.717) is 6.42 Å². The summed E-state index contributed by atoms with van der Waals surface area (Å²) in [5, 5.41) is 2.93. The molecule has 0 unspecified atom stereocenters. The fourth-order valence-corrected chi connectivity index (χ4v) is 2.90. The monoisotopic (exact) mass is 337 g/mol. The third kappa shape index (κ3) is 3.74. The predicted molar refractivity (Wildman–Crippen MR) is 83.0 cm³/mol. The van der Waals surface area contributed by atoms with E-state index >= 15 is 0 Å². The standard InChI is InChI=1S/C15H16BrNOS/c1-15(2,3)13-9-19-14(17-13)8-12(18)10-4-6-11(16)7-5-10/h4-7,9H,8H2,1-3H3. The number of Topliss-reactive ketones (excluding diaryl/α,β-unsaturated/α-hetero) is 1. The molecule has 1 aromatic carbocycles. The van der Waals surface area contributed by atoms with Gasteiger partial charge in [0.05, 0.1) is 12.1 Å². The molecule has 0 N–H and O–H groups in total. The van der Waals surface area contributed by atoms with Crippen LogP contribution >= 0.6 is 27.3 Å². The van der Waals surface area contributed by atoms with Crippen LogP contribution in [0.15, 0.2) is 34.1 Å². The lowest BCUT2D eigenvalue weighted by Gasteiger charge is -2.14. The maximum absolute atomic E-state index is 12.1. The summed E-state index contributed by atoms with van der Waals surface area (Å²) in [5.74, 6) is 0.113. The first kappa shape index (κ1) is 14.4. The fourth-order valence-electron chi connectivity index (χ4n) is 1.61. The van der Waals surface area contributed by atoms with Gasteiger partial charge in [0, 0.05) is 20.8 Å². The van der Waals surface area contributed by atoms with E-state index in [2.05, 4.69) is 41.7 Å². The molecule has 0 aliphatic carbocycles. The predicted octanol–water partition coefficient (Wildman–Crippen LogP) is 4.63. The number of halogens is 1. The highest BCUT2D eigenvalue weighted by Gasteiger charge is 2.18. The van der Waals surface area contributed by atoms with Gasteiger partial charge in [0.2, 0.25) is 0 Å². The molecule has 0 spiro atoms. The van der Waals surface area contributed by atoms with Gasteiger partial charge >= 0.3 is 0 Å². The van der Waals surface area contributed by atoms with E-state index in [4.69, 9.17) is 0 Å². The summed E-state index contributed by atoms with van der Waals surface area (Å²) in [6.07, 6.45) is 0.377. The molecule has 0 bridgehead atoms. The molecule has 4 heteroatoms. The summed E-state index contributed by atoms with van der Waals surface area (Å²) in [7, 11) is 0. The lowest BCUT2D eigenvalue weighted by atomic mass is 9.93. The summed E-state index contributed by atoms with van der Waals surface area (Å²) in [6.45, 7) is 6.38. The van der Waals surface area contributed by atoms with Gasteiger partial charge < -0.3 is 0 Å². The van der Waals surface area contributed by atoms with Crippen molar-refractivity contribution in [1.82, 2.24) is 4.98 Å². The van der Waals surface area contributed by atoms with Crippen molar-refractivity contribution >= 4 is 33.0 Å². The van der Waals surface area contributed by atoms with Crippen molar-refractivity contribution in [2.24, 2.45) is 0 Å². The zero-order valence-corrected chi connectivity index (χ0v) is 13.6. The molecular formula is C15H16BrNOS. The highest BCUT2D eigenvalue weighted by molar-refractivity contribution is 9.10. The number of nitrogens with zero attached hydrogens (tertiary/aromatic N) is 1. The number of carbonyl (C=O) groups excluding carboxylic acids is 1. The normalized spacial score (nSPS) is 11.6. The Hall–Kier alpha value is -1.00. The van der Waals surface area contributed by atoms with E-state index in [9.17, 15) is 4.79 Å². The molecule has 0 fully saturated rings. The summed E-state index contributed by atoms with van der Waals surface area (Å²) in [6, 6.07) is 7.45. The molecule has 0 atom stereocenters. The number of hydrogen-bond donors (Lipinski definition) is 0. The van der Waals surface area contributed by atoms with Gasteiger partial charge in [-0.25, -0.2) is 4.98 Å². The largest absolute Gasteiger partial charge is 0.294 e. The van der Waals surface area contributed by atoms with Crippen LogP contribution in [-0.2, 0) is 11.8 Å². The summed E-state index contributed by atoms with van der Waals surface area (Å²) >= 11 is 4.93. The average Bonchev–Trinajstić information content (AvgIpc) is 2.78. The third-order valence-electron chi connectivity index (χ3n) is 2.80. The summed E-state index contributed by atoms with van der Waals surface area (Å²) in [4.78, 5) is 16.7. The van der Waals surface area contributed by atoms with Crippen LogP contribution in [-0.4, -0.2) is 10.8 Å². The molecule has 0 aliphatic rings. The highest BCUT2D eigenvalue weighted by atomic mass is 79.9. The molecule has 0 saturated heterocycles. The minimum atomic E-state index is 0.0371. The average molecular weight is 338 g/mol. The van der Waals surface area contributed by atoms with Crippen LogP contribution < -0.4 is 0 Å². The van der Waals surface area contributed by atoms with E-state index in [1.807, 2.05) is 29.6 Å². The second-order valence-corrected chi connectivity index (χ2v) is 7.34. The van der Waals surface area contributed by atoms with Crippen molar-refractivity contribution < 1.29 is 4.79 Å². The highest BCUT2D eigenvalue weighted by Crippen LogP contribution is 2.24. The lowest BCUT2D eigenvalue weighted by molar-refractivity contribution is 0.0993. The minimum absolute atomic E-state index is 0.0371. The number of aromatic nitrogens is 1. The first-order valence-corrected chi connectivity index (χ1v) is 7.77. The SMILES string of the molecule is CC(C)(C)c1csc(CC(=O)c2ccc(Br)cc2)n1. The van der Waals surface area contributed by atoms with Gasteiger partial charge in [0.15, 0.2) is 5.78 Å². The number of thiazole rings is 1. The van der Waals surface area contributed by atoms with Crippen LogP contribution in [0.1, 0.15) is 41.8 Å². The van der Waals surface area contributed by atoms with Gasteiger partial charge in [-0.1, -0.05) is 48.8 Å². The third-order valence-corrected chi connectivity index (χ3v) is 4.18. The maximum atomic E-state index is 12.1. The number of ketones is 1. The van der Waals surface area contributed by atoms with Crippen LogP contribution in [0.3, 0.4) is 0 Å². The van der Waals surface area contributed by atoms with Crippen LogP contribution in [0.2, 0.25) is 0 Å². The van der Waals surface area contributed by atoms with Crippen molar-refractivity contribution in [3.8, 4) is 0 Å². The van der Waals surface area contributed by atoms with E-state index in [1.165, 1.54) is 0 Å². The molecule has 2 nitrogen and oxygen atoms in total. The number of carbonyl (C=O) groups is 1. The fraction of sp³-hybridized carbons (Fsp3) is 0.333. The molecule has 0 saturated carbocycles. The van der Waals surface area contributed by atoms with Gasteiger partial charge in [-0.2, -0.15) is 0 Å². The molecule has 0 amide bonds. The van der Waals surface area contributed by atoms with Crippen molar-refractivity contribution in [3.63, 3.8) is 0 Å². The molecule has 0 aliphatic heterocycles. The number of rotatable bonds is 3. The van der Waals surface area contributed by atoms with Gasteiger partial charge in [-0.05, 0) is 12.1 Å². The van der Waals surface area contributed by atoms with Gasteiger partial charge in [-0.15, -0.1) is 11.3 Å². The van der Waals surface area contributed by atoms with Crippen LogP contribution in [0, 0.1) is 0 Å². The molecule has 2 rings (SSSR count). The summed E-state index contributed by atoms with van der Waals surface area (Å²) in [5.41, 5.74) is 1.82. The van der Waals surface area contributed by atoms with Crippen LogP contribution in [0.4, 0.5) is 0 Å². The molecule has 1 heterocycles. The van der Waals surface area contributed by atoms with Gasteiger partial charge in [-0.3, -0.25) is 4.79 Å². The second-order valence-electron chi connectivity index (χ2n) is 5.48. The minimum Gasteiger partial charge on any atom is -0.294 e. The van der Waals surface area contributed by atoms with Gasteiger partial charge in [0.25, 0.3) is 0 Å². The zero-order chi connectivity index (χ0) is 14.0. The Balaban J connectivity index is 2.11. The zero-order valence-electron chi connectivity index (χ0n) is 11.2. The Kier molecular flexibility index (Phi) is 4.21. The molecule has 0 radical (unpaired) electrons. The van der Waals surface area contributed by atoms with Crippen LogP contribution in [0.25, 0.3) is 0 Å². The van der Waals surface area contributed by atoms with E-state index < -0.39 is 0 Å². The molecule has 19 heavy (non-hydrogen) atoms. The number of benzene rings is 1. The molecule has 2 aromatic rings. The van der Waals surface area contributed by atoms with Crippen LogP contribution in [0.5, 0.6) is 0 Å². The maximum Gasteiger partial charge on any atom is 0.169 e. The second kappa shape index (κ2) is 5.55. The topological polar surface area (TPSA) is 30.0 Å². The van der Waals surface area contributed by atoms with Gasteiger partial charge in [0.1, 0.15) is 5.01 Å². The Morgan fingerprint density at radius 3 is 2.42 bits per heavy atom. The van der Waals surface area contributed by atoms with E-state index in [-0.39, 0.29) is 11.2 Å². The first-order valence-electron chi connectivity index (χ1n) is 6.10. The van der Waals surface area contributed by atoms with Crippen molar-refractivity contribution in [2.75, 3.05) is 0 Å². The molecular weight excluding hydrogens is 322 g/mol. The summed E-state index contributed by atoms with van der Waals surface area (Å²) < 4.78 is 0.980. The van der Waals surface area contributed by atoms with E-state index in [0.717, 1.165) is 20.7 Å². The molecule has 100 valence electrons. The van der Waals surface area contributed by atoms with Crippen molar-refractivity contribution in [1.29, 1.82) is 0 Å². The Morgan fingerprint density at radius 1 is 1.26 bits per heavy atom. The quantitative estimate of drug-likeness (QED) is 0.764. The van der Waals surface area contributed by atoms with Crippen molar-refractivity contribution in [3.05, 3.63) is 50.4 Å². The lowest BCUT2D eigenvalue weighted by Crippen LogP contribution is -2.12. The molecule has 1 aromatic heterocycles. The Labute approximate surface area is 126 Å². The van der Waals surface area contributed by atoms with Crippen molar-refractivity contribution in [2.45, 2.75) is 32.6 Å². The number of hydrogen-bond acceptors (Lipinski definition) is 3. The van der Waals surface area contributed by atoms with E-state index in [1.54, 1.807) is 11.3 Å².